The molecule has 0 N–H and O–H groups in total. The van der Waals surface area contributed by atoms with Crippen molar-refractivity contribution in [2.24, 2.45) is 34.5 Å². The Bertz CT molecular complexity index is 638. The van der Waals surface area contributed by atoms with Crippen molar-refractivity contribution < 1.29 is 4.79 Å². The van der Waals surface area contributed by atoms with Gasteiger partial charge in [0.05, 0.1) is 0 Å². The molecule has 0 radical (unpaired) electrons. The normalized spacial score (nSPS) is 47.6. The van der Waals surface area contributed by atoms with E-state index in [0.717, 1.165) is 29.7 Å². The predicted octanol–water partition coefficient (Wildman–Crippen LogP) is 6.10. The van der Waals surface area contributed by atoms with Crippen LogP contribution in [0.25, 0.3) is 0 Å². The second-order valence-electron chi connectivity index (χ2n) is 9.97. The first-order valence-corrected chi connectivity index (χ1v) is 10.2. The number of carbonyl (C=O) groups is 1. The van der Waals surface area contributed by atoms with Crippen LogP contribution in [0.2, 0.25) is 0 Å². The van der Waals surface area contributed by atoms with Crippen LogP contribution < -0.4 is 0 Å². The standard InChI is InChI=1S/C23H34O/c1-14-8-10-23(5)20-9-11-22(4)18(16(3)24)6-7-19(22)17(20)13-15(2)21(23)12-14/h6,14,17,19-20H,7-13H2,1-5H3/t14?,17?,19?,20?,22-,23?/m1/s1. The molecule has 0 amide bonds. The van der Waals surface area contributed by atoms with E-state index < -0.39 is 0 Å². The summed E-state index contributed by atoms with van der Waals surface area (Å²) in [5.41, 5.74) is 5.28. The molecule has 5 unspecified atom stereocenters. The zero-order valence-corrected chi connectivity index (χ0v) is 16.2. The van der Waals surface area contributed by atoms with Gasteiger partial charge in [-0.15, -0.1) is 0 Å². The van der Waals surface area contributed by atoms with Gasteiger partial charge in [-0.05, 0) is 98.9 Å². The second kappa shape index (κ2) is 5.32. The van der Waals surface area contributed by atoms with Gasteiger partial charge in [-0.3, -0.25) is 4.79 Å². The van der Waals surface area contributed by atoms with Gasteiger partial charge in [-0.25, -0.2) is 0 Å². The highest BCUT2D eigenvalue weighted by Gasteiger charge is 2.57. The third-order valence-electron chi connectivity index (χ3n) is 8.67. The lowest BCUT2D eigenvalue weighted by atomic mass is 9.46. The zero-order valence-electron chi connectivity index (χ0n) is 16.2. The molecular weight excluding hydrogens is 292 g/mol. The Morgan fingerprint density at radius 3 is 2.50 bits per heavy atom. The van der Waals surface area contributed by atoms with Crippen LogP contribution in [0.5, 0.6) is 0 Å². The van der Waals surface area contributed by atoms with Crippen molar-refractivity contribution >= 4 is 5.78 Å². The first-order valence-electron chi connectivity index (χ1n) is 10.2. The number of allylic oxidation sites excluding steroid dienone is 4. The molecule has 24 heavy (non-hydrogen) atoms. The van der Waals surface area contributed by atoms with E-state index >= 15 is 0 Å². The fourth-order valence-electron chi connectivity index (χ4n) is 7.40. The van der Waals surface area contributed by atoms with Crippen molar-refractivity contribution in [2.75, 3.05) is 0 Å². The van der Waals surface area contributed by atoms with Gasteiger partial charge in [0.1, 0.15) is 0 Å². The van der Waals surface area contributed by atoms with Gasteiger partial charge in [-0.1, -0.05) is 38.0 Å². The van der Waals surface area contributed by atoms with E-state index in [-0.39, 0.29) is 5.41 Å². The maximum atomic E-state index is 12.2. The number of Topliss-reactive ketones (excluding diaryl/α,β-unsaturated/α-hetero) is 1. The van der Waals surface area contributed by atoms with Gasteiger partial charge in [0.2, 0.25) is 0 Å². The van der Waals surface area contributed by atoms with Crippen molar-refractivity contribution in [3.05, 3.63) is 22.8 Å². The number of hydrogen-bond donors (Lipinski definition) is 0. The second-order valence-corrected chi connectivity index (χ2v) is 9.97. The van der Waals surface area contributed by atoms with Crippen LogP contribution in [0, 0.1) is 34.5 Å². The summed E-state index contributed by atoms with van der Waals surface area (Å²) < 4.78 is 0. The first-order chi connectivity index (χ1) is 11.3. The molecular formula is C23H34O. The third kappa shape index (κ3) is 2.09. The van der Waals surface area contributed by atoms with Crippen LogP contribution in [0.3, 0.4) is 0 Å². The van der Waals surface area contributed by atoms with E-state index in [0.29, 0.717) is 17.1 Å². The number of rotatable bonds is 1. The minimum atomic E-state index is 0.156. The Balaban J connectivity index is 1.71. The summed E-state index contributed by atoms with van der Waals surface area (Å²) in [5, 5.41) is 0. The lowest BCUT2D eigenvalue weighted by molar-refractivity contribution is -0.115. The average molecular weight is 327 g/mol. The van der Waals surface area contributed by atoms with Crippen LogP contribution in [-0.2, 0) is 4.79 Å². The summed E-state index contributed by atoms with van der Waals surface area (Å²) in [4.78, 5) is 12.2. The third-order valence-corrected chi connectivity index (χ3v) is 8.67. The molecule has 6 atom stereocenters. The monoisotopic (exact) mass is 326 g/mol. The molecule has 2 saturated carbocycles. The SMILES string of the molecule is CC(=O)C1=CCC2C3CC(C)=C4CC(C)CCC4(C)C3CC[C@]12C. The fourth-order valence-corrected chi connectivity index (χ4v) is 7.40. The van der Waals surface area contributed by atoms with Gasteiger partial charge < -0.3 is 0 Å². The van der Waals surface area contributed by atoms with E-state index in [1.165, 1.54) is 38.5 Å². The molecule has 0 spiro atoms. The lowest BCUT2D eigenvalue weighted by Gasteiger charge is -2.58. The van der Waals surface area contributed by atoms with E-state index in [4.69, 9.17) is 0 Å². The van der Waals surface area contributed by atoms with Crippen molar-refractivity contribution in [3.63, 3.8) is 0 Å². The molecule has 4 aliphatic carbocycles. The molecule has 2 fully saturated rings. The van der Waals surface area contributed by atoms with Crippen LogP contribution in [-0.4, -0.2) is 5.78 Å². The first kappa shape index (κ1) is 16.6. The molecule has 4 aliphatic rings. The highest BCUT2D eigenvalue weighted by molar-refractivity contribution is 5.95. The molecule has 132 valence electrons. The Hall–Kier alpha value is -0.850. The summed E-state index contributed by atoms with van der Waals surface area (Å²) in [6.07, 6.45) is 11.4. The van der Waals surface area contributed by atoms with E-state index in [9.17, 15) is 4.79 Å². The van der Waals surface area contributed by atoms with Crippen LogP contribution in [0.15, 0.2) is 22.8 Å². The summed E-state index contributed by atoms with van der Waals surface area (Å²) in [5.74, 6) is 3.52. The lowest BCUT2D eigenvalue weighted by Crippen LogP contribution is -2.50. The van der Waals surface area contributed by atoms with Crippen LogP contribution in [0.4, 0.5) is 0 Å². The van der Waals surface area contributed by atoms with E-state index in [1.54, 1.807) is 12.5 Å². The molecule has 1 nitrogen and oxygen atoms in total. The van der Waals surface area contributed by atoms with Crippen molar-refractivity contribution in [1.82, 2.24) is 0 Å². The Kier molecular flexibility index (Phi) is 3.68. The number of ketones is 1. The van der Waals surface area contributed by atoms with Crippen molar-refractivity contribution in [3.8, 4) is 0 Å². The van der Waals surface area contributed by atoms with E-state index in [1.807, 2.05) is 5.57 Å². The fraction of sp³-hybridized carbons (Fsp3) is 0.783. The number of carbonyl (C=O) groups excluding carboxylic acids is 1. The van der Waals surface area contributed by atoms with Crippen LogP contribution >= 0.6 is 0 Å². The molecule has 4 rings (SSSR count). The topological polar surface area (TPSA) is 17.1 Å². The van der Waals surface area contributed by atoms with Crippen molar-refractivity contribution in [2.45, 2.75) is 79.6 Å². The smallest absolute Gasteiger partial charge is 0.156 e. The summed E-state index contributed by atoms with van der Waals surface area (Å²) in [7, 11) is 0. The Morgan fingerprint density at radius 2 is 1.79 bits per heavy atom. The van der Waals surface area contributed by atoms with Crippen LogP contribution in [0.1, 0.15) is 79.6 Å². The Labute approximate surface area is 148 Å². The van der Waals surface area contributed by atoms with Gasteiger partial charge >= 0.3 is 0 Å². The maximum Gasteiger partial charge on any atom is 0.156 e. The largest absolute Gasteiger partial charge is 0.295 e. The molecule has 0 bridgehead atoms. The van der Waals surface area contributed by atoms with Gasteiger partial charge in [0, 0.05) is 0 Å². The quantitative estimate of drug-likeness (QED) is 0.532. The van der Waals surface area contributed by atoms with Gasteiger partial charge in [-0.2, -0.15) is 0 Å². The average Bonchev–Trinajstić information content (AvgIpc) is 2.87. The molecule has 0 heterocycles. The summed E-state index contributed by atoms with van der Waals surface area (Å²) >= 11 is 0. The molecule has 1 heteroatoms. The highest BCUT2D eigenvalue weighted by Crippen LogP contribution is 2.66. The molecule has 0 aromatic rings. The Morgan fingerprint density at radius 1 is 1.08 bits per heavy atom. The molecule has 0 aromatic carbocycles. The molecule has 0 aromatic heterocycles. The number of fused-ring (bicyclic) bond motifs is 5. The minimum absolute atomic E-state index is 0.156. The summed E-state index contributed by atoms with van der Waals surface area (Å²) in [6.45, 7) is 11.6. The number of hydrogen-bond acceptors (Lipinski definition) is 1. The zero-order chi connectivity index (χ0) is 17.3. The highest BCUT2D eigenvalue weighted by atomic mass is 16.1. The summed E-state index contributed by atoms with van der Waals surface area (Å²) in [6, 6.07) is 0. The molecule has 0 saturated heterocycles. The predicted molar refractivity (Wildman–Crippen MR) is 99.6 cm³/mol. The molecule has 0 aliphatic heterocycles. The van der Waals surface area contributed by atoms with Gasteiger partial charge in [0.15, 0.2) is 5.78 Å². The van der Waals surface area contributed by atoms with E-state index in [2.05, 4.69) is 33.8 Å². The van der Waals surface area contributed by atoms with Gasteiger partial charge in [0.25, 0.3) is 0 Å². The minimum Gasteiger partial charge on any atom is -0.295 e. The maximum absolute atomic E-state index is 12.2. The van der Waals surface area contributed by atoms with Crippen molar-refractivity contribution in [1.29, 1.82) is 0 Å².